The van der Waals surface area contributed by atoms with E-state index in [1.165, 1.54) is 12.5 Å². The summed E-state index contributed by atoms with van der Waals surface area (Å²) < 4.78 is 0. The van der Waals surface area contributed by atoms with Crippen LogP contribution in [0.25, 0.3) is 10.8 Å². The molecule has 0 radical (unpaired) electrons. The zero-order valence-electron chi connectivity index (χ0n) is 25.6. The van der Waals surface area contributed by atoms with Gasteiger partial charge in [-0.1, -0.05) is 79.2 Å². The Hall–Kier alpha value is -4.90. The number of anilines is 1. The number of benzene rings is 4. The summed E-state index contributed by atoms with van der Waals surface area (Å²) in [6.07, 6.45) is 4.00. The molecule has 4 aromatic carbocycles. The number of carbonyl (C=O) groups is 4. The van der Waals surface area contributed by atoms with Crippen molar-refractivity contribution >= 4 is 40.6 Å². The van der Waals surface area contributed by atoms with E-state index >= 15 is 0 Å². The predicted molar refractivity (Wildman–Crippen MR) is 179 cm³/mol. The van der Waals surface area contributed by atoms with Crippen LogP contribution >= 0.6 is 0 Å². The van der Waals surface area contributed by atoms with Gasteiger partial charge in [0.05, 0.1) is 6.42 Å². The Labute approximate surface area is 264 Å². The number of nitrogens with one attached hydrogen (secondary N) is 1. The lowest BCUT2D eigenvalue weighted by Gasteiger charge is -2.03. The molecule has 240 valence electrons. The van der Waals surface area contributed by atoms with E-state index in [-0.39, 0.29) is 12.3 Å². The maximum absolute atomic E-state index is 10.6. The molecule has 4 rings (SSSR count). The fourth-order valence-corrected chi connectivity index (χ4v) is 3.82. The molecule has 9 N–H and O–H groups in total. The van der Waals surface area contributed by atoms with Gasteiger partial charge in [0.25, 0.3) is 0 Å². The van der Waals surface area contributed by atoms with E-state index in [1.807, 2.05) is 60.7 Å². The lowest BCUT2D eigenvalue weighted by Crippen LogP contribution is -2.29. The Morgan fingerprint density at radius 1 is 0.778 bits per heavy atom. The summed E-state index contributed by atoms with van der Waals surface area (Å²) in [6.45, 7) is 2.78. The third-order valence-electron chi connectivity index (χ3n) is 6.10. The number of amides is 1. The summed E-state index contributed by atoms with van der Waals surface area (Å²) in [5.74, 6) is -1.84. The Balaban J connectivity index is 0.000000305. The standard InChI is InChI=1S/C12H10O2.C9H9NO2.C8H11N.C6H14N2O2/c13-12(14)8-9-5-6-10-3-1-2-4-11(10)7-9;1-7(12)10-9-4-2-8(6-11)3-5-9;9-7-6-8-4-2-1-3-5-8;7-4-2-1-3-5(8)6(9)10/h1-7H,8H2,(H,13,14);2-6H,1H3,(H,10,12);1-5H,6-7,9H2;5H,1-4,7-8H2,(H,9,10). The van der Waals surface area contributed by atoms with Gasteiger partial charge in [0.1, 0.15) is 12.3 Å². The Morgan fingerprint density at radius 2 is 1.40 bits per heavy atom. The van der Waals surface area contributed by atoms with Crippen molar-refractivity contribution in [2.45, 2.75) is 45.1 Å². The molecule has 10 heteroatoms. The molecule has 10 nitrogen and oxygen atoms in total. The highest BCUT2D eigenvalue weighted by Gasteiger charge is 2.09. The molecule has 4 aromatic rings. The molecular formula is C35H44N4O6. The highest BCUT2D eigenvalue weighted by molar-refractivity contribution is 5.89. The van der Waals surface area contributed by atoms with E-state index in [4.69, 9.17) is 27.4 Å². The fourth-order valence-electron chi connectivity index (χ4n) is 3.82. The average molecular weight is 617 g/mol. The van der Waals surface area contributed by atoms with Gasteiger partial charge in [-0.05, 0) is 78.5 Å². The van der Waals surface area contributed by atoms with Crippen LogP contribution in [0.2, 0.25) is 0 Å². The van der Waals surface area contributed by atoms with E-state index in [9.17, 15) is 19.2 Å². The van der Waals surface area contributed by atoms with Gasteiger partial charge in [-0.3, -0.25) is 19.2 Å². The molecule has 0 spiro atoms. The van der Waals surface area contributed by atoms with Crippen molar-refractivity contribution in [1.29, 1.82) is 0 Å². The van der Waals surface area contributed by atoms with Gasteiger partial charge in [0.2, 0.25) is 5.91 Å². The lowest BCUT2D eigenvalue weighted by molar-refractivity contribution is -0.139. The van der Waals surface area contributed by atoms with Crippen LogP contribution < -0.4 is 22.5 Å². The molecule has 0 aromatic heterocycles. The molecule has 0 bridgehead atoms. The van der Waals surface area contributed by atoms with Crippen LogP contribution in [-0.4, -0.2) is 53.5 Å². The van der Waals surface area contributed by atoms with Gasteiger partial charge in [0.15, 0.2) is 0 Å². The zero-order valence-corrected chi connectivity index (χ0v) is 25.6. The van der Waals surface area contributed by atoms with Crippen molar-refractivity contribution < 1.29 is 29.4 Å². The Kier molecular flexibility index (Phi) is 19.2. The number of hydrogen-bond donors (Lipinski definition) is 6. The molecule has 0 aliphatic heterocycles. The minimum absolute atomic E-state index is 0.0881. The number of rotatable bonds is 11. The maximum Gasteiger partial charge on any atom is 0.320 e. The van der Waals surface area contributed by atoms with Crippen molar-refractivity contribution in [3.8, 4) is 0 Å². The first-order valence-corrected chi connectivity index (χ1v) is 14.5. The predicted octanol–water partition coefficient (Wildman–Crippen LogP) is 4.64. The van der Waals surface area contributed by atoms with Crippen LogP contribution in [0.3, 0.4) is 0 Å². The first-order chi connectivity index (χ1) is 21.6. The second-order valence-corrected chi connectivity index (χ2v) is 9.93. The second kappa shape index (κ2) is 22.6. The van der Waals surface area contributed by atoms with Crippen LogP contribution in [0.4, 0.5) is 5.69 Å². The molecular weight excluding hydrogens is 572 g/mol. The van der Waals surface area contributed by atoms with Crippen LogP contribution in [0.15, 0.2) is 97.1 Å². The summed E-state index contributed by atoms with van der Waals surface area (Å²) in [4.78, 5) is 41.5. The van der Waals surface area contributed by atoms with E-state index < -0.39 is 18.0 Å². The van der Waals surface area contributed by atoms with Gasteiger partial charge in [-0.2, -0.15) is 0 Å². The number of carboxylic acid groups (broad SMARTS) is 2. The SMILES string of the molecule is CC(=O)Nc1ccc(C=O)cc1.NCCCCC(N)C(=O)O.NCCc1ccccc1.O=C(O)Cc1ccc2ccccc2c1. The molecule has 0 aliphatic rings. The minimum atomic E-state index is -0.933. The first-order valence-electron chi connectivity index (χ1n) is 14.5. The maximum atomic E-state index is 10.6. The molecule has 45 heavy (non-hydrogen) atoms. The van der Waals surface area contributed by atoms with Crippen molar-refractivity contribution in [2.75, 3.05) is 18.4 Å². The minimum Gasteiger partial charge on any atom is -0.481 e. The number of carbonyl (C=O) groups excluding carboxylic acids is 2. The van der Waals surface area contributed by atoms with Crippen molar-refractivity contribution in [1.82, 2.24) is 0 Å². The highest BCUT2D eigenvalue weighted by Crippen LogP contribution is 2.15. The molecule has 0 saturated carbocycles. The van der Waals surface area contributed by atoms with E-state index in [0.29, 0.717) is 24.2 Å². The van der Waals surface area contributed by atoms with Crippen molar-refractivity contribution in [3.05, 3.63) is 114 Å². The summed E-state index contributed by atoms with van der Waals surface area (Å²) in [5.41, 5.74) is 19.2. The van der Waals surface area contributed by atoms with Crippen molar-refractivity contribution in [3.63, 3.8) is 0 Å². The van der Waals surface area contributed by atoms with Crippen LogP contribution in [-0.2, 0) is 27.2 Å². The van der Waals surface area contributed by atoms with Gasteiger partial charge < -0.3 is 32.7 Å². The number of unbranched alkanes of at least 4 members (excludes halogenated alkanes) is 1. The van der Waals surface area contributed by atoms with Crippen LogP contribution in [0, 0.1) is 0 Å². The summed E-state index contributed by atoms with van der Waals surface area (Å²) in [5, 5.41) is 21.8. The molecule has 0 fully saturated rings. The second-order valence-electron chi connectivity index (χ2n) is 9.93. The molecule has 1 atom stereocenters. The molecule has 0 heterocycles. The topological polar surface area (TPSA) is 199 Å². The monoisotopic (exact) mass is 616 g/mol. The van der Waals surface area contributed by atoms with E-state index in [1.54, 1.807) is 24.3 Å². The molecule has 1 unspecified atom stereocenters. The summed E-state index contributed by atoms with van der Waals surface area (Å²) in [7, 11) is 0. The fraction of sp³-hybridized carbons (Fsp3) is 0.257. The van der Waals surface area contributed by atoms with Crippen molar-refractivity contribution in [2.24, 2.45) is 17.2 Å². The van der Waals surface area contributed by atoms with Gasteiger partial charge in [-0.15, -0.1) is 0 Å². The highest BCUT2D eigenvalue weighted by atomic mass is 16.4. The smallest absolute Gasteiger partial charge is 0.320 e. The largest absolute Gasteiger partial charge is 0.481 e. The molecule has 1 amide bonds. The van der Waals surface area contributed by atoms with Crippen LogP contribution in [0.1, 0.15) is 47.7 Å². The van der Waals surface area contributed by atoms with E-state index in [0.717, 1.165) is 48.4 Å². The Bertz CT molecular complexity index is 1450. The number of carboxylic acids is 2. The quantitative estimate of drug-likeness (QED) is 0.103. The third kappa shape index (κ3) is 17.7. The number of nitrogens with two attached hydrogens (primary N) is 3. The number of hydrogen-bond acceptors (Lipinski definition) is 7. The van der Waals surface area contributed by atoms with Gasteiger partial charge >= 0.3 is 11.9 Å². The number of aliphatic carboxylic acids is 2. The number of fused-ring (bicyclic) bond motifs is 1. The van der Waals surface area contributed by atoms with E-state index in [2.05, 4.69) is 17.4 Å². The average Bonchev–Trinajstić information content (AvgIpc) is 3.02. The van der Waals surface area contributed by atoms with Gasteiger partial charge in [-0.25, -0.2) is 0 Å². The van der Waals surface area contributed by atoms with Crippen LogP contribution in [0.5, 0.6) is 0 Å². The molecule has 0 aliphatic carbocycles. The zero-order chi connectivity index (χ0) is 33.5. The molecule has 0 saturated heterocycles. The summed E-state index contributed by atoms with van der Waals surface area (Å²) in [6, 6.07) is 29.9. The number of aldehydes is 1. The first kappa shape index (κ1) is 38.1. The summed E-state index contributed by atoms with van der Waals surface area (Å²) >= 11 is 0. The third-order valence-corrected chi connectivity index (χ3v) is 6.10. The lowest BCUT2D eigenvalue weighted by atomic mass is 10.1. The van der Waals surface area contributed by atoms with Gasteiger partial charge in [0, 0.05) is 18.2 Å². The normalized spacial score (nSPS) is 10.4. The Morgan fingerprint density at radius 3 is 1.93 bits per heavy atom.